The summed E-state index contributed by atoms with van der Waals surface area (Å²) in [6.07, 6.45) is 0. The topological polar surface area (TPSA) is 34.1 Å². The number of nitrogens with one attached hydrogen (secondary N) is 1. The van der Waals surface area contributed by atoms with E-state index in [1.165, 1.54) is 10.8 Å². The lowest BCUT2D eigenvalue weighted by Crippen LogP contribution is -1.98. The van der Waals surface area contributed by atoms with Crippen LogP contribution in [0, 0.1) is 0 Å². The number of anilines is 1. The molecule has 1 aromatic heterocycles. The summed E-state index contributed by atoms with van der Waals surface area (Å²) in [5, 5.41) is 6.76. The number of methoxy groups -OCH3 is 1. The van der Waals surface area contributed by atoms with Gasteiger partial charge in [0.15, 0.2) is 0 Å². The van der Waals surface area contributed by atoms with E-state index in [1.807, 2.05) is 25.2 Å². The number of pyridine rings is 1. The summed E-state index contributed by atoms with van der Waals surface area (Å²) in [5.74, 6) is 0. The lowest BCUT2D eigenvalue weighted by Gasteiger charge is -2.11. The standard InChI is InChI=1S/C16H16N2O/c1-17-15-9-12(10-19-2)18-16-13-6-4-3-5-11(13)7-8-14(15)16/h3-9H,10H2,1-2H3,(H,17,18). The van der Waals surface area contributed by atoms with Gasteiger partial charge in [0.2, 0.25) is 0 Å². The average Bonchev–Trinajstić information content (AvgIpc) is 2.46. The van der Waals surface area contributed by atoms with Crippen LogP contribution in [0.2, 0.25) is 0 Å². The first kappa shape index (κ1) is 11.9. The predicted octanol–water partition coefficient (Wildman–Crippen LogP) is 3.58. The quantitative estimate of drug-likeness (QED) is 0.723. The number of ether oxygens (including phenoxy) is 1. The Labute approximate surface area is 112 Å². The molecule has 2 aromatic carbocycles. The highest BCUT2D eigenvalue weighted by atomic mass is 16.5. The van der Waals surface area contributed by atoms with Crippen LogP contribution in [-0.4, -0.2) is 19.1 Å². The van der Waals surface area contributed by atoms with Crippen LogP contribution in [0.1, 0.15) is 5.69 Å². The van der Waals surface area contributed by atoms with Crippen LogP contribution in [0.4, 0.5) is 5.69 Å². The molecule has 0 aliphatic heterocycles. The molecule has 3 rings (SSSR count). The average molecular weight is 252 g/mol. The molecule has 0 radical (unpaired) electrons. The number of rotatable bonds is 3. The van der Waals surface area contributed by atoms with E-state index in [0.717, 1.165) is 22.3 Å². The smallest absolute Gasteiger partial charge is 0.0885 e. The first-order chi connectivity index (χ1) is 9.33. The monoisotopic (exact) mass is 252 g/mol. The van der Waals surface area contributed by atoms with Crippen molar-refractivity contribution in [2.45, 2.75) is 6.61 Å². The van der Waals surface area contributed by atoms with E-state index in [1.54, 1.807) is 7.11 Å². The van der Waals surface area contributed by atoms with E-state index >= 15 is 0 Å². The minimum atomic E-state index is 0.522. The van der Waals surface area contributed by atoms with Gasteiger partial charge in [-0.15, -0.1) is 0 Å². The van der Waals surface area contributed by atoms with Gasteiger partial charge >= 0.3 is 0 Å². The maximum Gasteiger partial charge on any atom is 0.0885 e. The molecule has 0 amide bonds. The van der Waals surface area contributed by atoms with E-state index in [4.69, 9.17) is 9.72 Å². The first-order valence-corrected chi connectivity index (χ1v) is 6.31. The Morgan fingerprint density at radius 1 is 1.11 bits per heavy atom. The molecule has 0 bridgehead atoms. The molecule has 0 aliphatic carbocycles. The molecule has 3 heteroatoms. The molecule has 3 aromatic rings. The number of hydrogen-bond acceptors (Lipinski definition) is 3. The molecule has 0 saturated heterocycles. The minimum Gasteiger partial charge on any atom is -0.388 e. The molecule has 0 aliphatic rings. The molecule has 3 nitrogen and oxygen atoms in total. The van der Waals surface area contributed by atoms with Crippen LogP contribution in [0.3, 0.4) is 0 Å². The van der Waals surface area contributed by atoms with Crippen molar-refractivity contribution < 1.29 is 4.74 Å². The Kier molecular flexibility index (Phi) is 3.05. The summed E-state index contributed by atoms with van der Waals surface area (Å²) in [6.45, 7) is 0.522. The van der Waals surface area contributed by atoms with Crippen molar-refractivity contribution >= 4 is 27.4 Å². The molecule has 1 N–H and O–H groups in total. The summed E-state index contributed by atoms with van der Waals surface area (Å²) in [4.78, 5) is 4.74. The molecule has 96 valence electrons. The van der Waals surface area contributed by atoms with Crippen LogP contribution >= 0.6 is 0 Å². The highest BCUT2D eigenvalue weighted by Gasteiger charge is 2.07. The van der Waals surface area contributed by atoms with Gasteiger partial charge in [-0.1, -0.05) is 36.4 Å². The summed E-state index contributed by atoms with van der Waals surface area (Å²) in [5.41, 5.74) is 3.05. The van der Waals surface area contributed by atoms with E-state index in [-0.39, 0.29) is 0 Å². The zero-order chi connectivity index (χ0) is 13.2. The van der Waals surface area contributed by atoms with Gasteiger partial charge in [0.05, 0.1) is 17.8 Å². The SMILES string of the molecule is CNc1cc(COC)nc2c1ccc1ccccc12. The van der Waals surface area contributed by atoms with Crippen molar-refractivity contribution in [3.63, 3.8) is 0 Å². The van der Waals surface area contributed by atoms with Gasteiger partial charge in [-0.05, 0) is 11.5 Å². The second kappa shape index (κ2) is 4.86. The third-order valence-corrected chi connectivity index (χ3v) is 3.32. The van der Waals surface area contributed by atoms with E-state index < -0.39 is 0 Å². The second-order valence-corrected chi connectivity index (χ2v) is 4.53. The fourth-order valence-electron chi connectivity index (χ4n) is 2.44. The second-order valence-electron chi connectivity index (χ2n) is 4.53. The number of hydrogen-bond donors (Lipinski definition) is 1. The van der Waals surface area contributed by atoms with Crippen molar-refractivity contribution in [1.29, 1.82) is 0 Å². The number of aromatic nitrogens is 1. The van der Waals surface area contributed by atoms with Gasteiger partial charge in [0.25, 0.3) is 0 Å². The van der Waals surface area contributed by atoms with Crippen LogP contribution < -0.4 is 5.32 Å². The number of nitrogens with zero attached hydrogens (tertiary/aromatic N) is 1. The van der Waals surface area contributed by atoms with Crippen molar-refractivity contribution in [2.75, 3.05) is 19.5 Å². The van der Waals surface area contributed by atoms with Gasteiger partial charge < -0.3 is 10.1 Å². The van der Waals surface area contributed by atoms with E-state index in [2.05, 4.69) is 29.6 Å². The van der Waals surface area contributed by atoms with Gasteiger partial charge in [0, 0.05) is 30.6 Å². The Hall–Kier alpha value is -2.13. The lowest BCUT2D eigenvalue weighted by atomic mass is 10.0. The molecule has 0 fully saturated rings. The molecule has 1 heterocycles. The Balaban J connectivity index is 2.39. The molecular formula is C16H16N2O. The number of benzene rings is 2. The Morgan fingerprint density at radius 3 is 2.74 bits per heavy atom. The molecule has 0 spiro atoms. The van der Waals surface area contributed by atoms with Crippen LogP contribution in [0.25, 0.3) is 21.7 Å². The van der Waals surface area contributed by atoms with Crippen molar-refractivity contribution in [1.82, 2.24) is 4.98 Å². The fourth-order valence-corrected chi connectivity index (χ4v) is 2.44. The Bertz CT molecular complexity index is 737. The molecule has 0 saturated carbocycles. The molecule has 0 unspecified atom stereocenters. The zero-order valence-electron chi connectivity index (χ0n) is 11.1. The molecule has 19 heavy (non-hydrogen) atoms. The van der Waals surface area contributed by atoms with Gasteiger partial charge in [-0.2, -0.15) is 0 Å². The maximum atomic E-state index is 5.20. The summed E-state index contributed by atoms with van der Waals surface area (Å²) >= 11 is 0. The van der Waals surface area contributed by atoms with Gasteiger partial charge in [-0.25, -0.2) is 4.98 Å². The van der Waals surface area contributed by atoms with Crippen LogP contribution in [-0.2, 0) is 11.3 Å². The summed E-state index contributed by atoms with van der Waals surface area (Å²) < 4.78 is 5.20. The van der Waals surface area contributed by atoms with Crippen LogP contribution in [0.5, 0.6) is 0 Å². The largest absolute Gasteiger partial charge is 0.388 e. The van der Waals surface area contributed by atoms with Crippen molar-refractivity contribution in [2.24, 2.45) is 0 Å². The lowest BCUT2D eigenvalue weighted by molar-refractivity contribution is 0.182. The summed E-state index contributed by atoms with van der Waals surface area (Å²) in [7, 11) is 3.62. The highest BCUT2D eigenvalue weighted by Crippen LogP contribution is 2.29. The Morgan fingerprint density at radius 2 is 1.95 bits per heavy atom. The first-order valence-electron chi connectivity index (χ1n) is 6.31. The third kappa shape index (κ3) is 2.02. The van der Waals surface area contributed by atoms with Gasteiger partial charge in [0.1, 0.15) is 0 Å². The van der Waals surface area contributed by atoms with E-state index in [0.29, 0.717) is 6.61 Å². The van der Waals surface area contributed by atoms with Crippen molar-refractivity contribution in [3.8, 4) is 0 Å². The number of fused-ring (bicyclic) bond motifs is 3. The summed E-state index contributed by atoms with van der Waals surface area (Å²) in [6, 6.07) is 14.6. The normalized spacial score (nSPS) is 11.1. The van der Waals surface area contributed by atoms with E-state index in [9.17, 15) is 0 Å². The highest BCUT2D eigenvalue weighted by molar-refractivity contribution is 6.09. The predicted molar refractivity (Wildman–Crippen MR) is 79.5 cm³/mol. The molecule has 0 atom stereocenters. The van der Waals surface area contributed by atoms with Crippen molar-refractivity contribution in [3.05, 3.63) is 48.2 Å². The fraction of sp³-hybridized carbons (Fsp3) is 0.188. The third-order valence-electron chi connectivity index (χ3n) is 3.32. The van der Waals surface area contributed by atoms with Crippen LogP contribution in [0.15, 0.2) is 42.5 Å². The minimum absolute atomic E-state index is 0.522. The zero-order valence-corrected chi connectivity index (χ0v) is 11.1. The maximum absolute atomic E-state index is 5.20. The van der Waals surface area contributed by atoms with Gasteiger partial charge in [-0.3, -0.25) is 0 Å². The molecular weight excluding hydrogens is 236 g/mol.